The number of Topliss-reactive ketones (excluding diaryl/α,β-unsaturated/α-hetero) is 1. The van der Waals surface area contributed by atoms with E-state index >= 15 is 0 Å². The fraction of sp³-hybridized carbons (Fsp3) is 0.500. The van der Waals surface area contributed by atoms with E-state index in [2.05, 4.69) is 0 Å². The molecule has 13 heavy (non-hydrogen) atoms. The number of rotatable bonds is 5. The molecule has 0 saturated carbocycles. The van der Waals surface area contributed by atoms with E-state index in [0.29, 0.717) is 6.42 Å². The minimum atomic E-state index is -0.236. The zero-order chi connectivity index (χ0) is 9.68. The second-order valence-corrected chi connectivity index (χ2v) is 3.69. The van der Waals surface area contributed by atoms with Gasteiger partial charge in [-0.25, -0.2) is 0 Å². The minimum Gasteiger partial charge on any atom is -0.374 e. The van der Waals surface area contributed by atoms with Crippen LogP contribution in [0, 0.1) is 0 Å². The van der Waals surface area contributed by atoms with E-state index in [1.807, 2.05) is 23.8 Å². The highest BCUT2D eigenvalue weighted by Gasteiger charge is 2.15. The molecule has 1 atom stereocenters. The van der Waals surface area contributed by atoms with E-state index in [-0.39, 0.29) is 11.9 Å². The summed E-state index contributed by atoms with van der Waals surface area (Å²) in [5.74, 6) is 0.170. The first-order valence-corrected chi connectivity index (χ1v) is 5.28. The first-order chi connectivity index (χ1) is 6.27. The van der Waals surface area contributed by atoms with Crippen molar-refractivity contribution in [2.45, 2.75) is 25.9 Å². The third-order valence-electron chi connectivity index (χ3n) is 1.97. The van der Waals surface area contributed by atoms with Crippen LogP contribution in [0.1, 0.15) is 18.9 Å². The summed E-state index contributed by atoms with van der Waals surface area (Å²) in [6, 6.07) is 1.98. The Morgan fingerprint density at radius 1 is 1.69 bits per heavy atom. The van der Waals surface area contributed by atoms with E-state index < -0.39 is 0 Å². The number of carbonyl (C=O) groups excluding carboxylic acids is 1. The molecule has 2 nitrogen and oxygen atoms in total. The van der Waals surface area contributed by atoms with Crippen LogP contribution in [-0.4, -0.2) is 19.0 Å². The molecule has 0 fully saturated rings. The molecule has 0 N–H and O–H groups in total. The number of ether oxygens (including phenoxy) is 1. The molecule has 0 aromatic carbocycles. The number of thiophene rings is 1. The van der Waals surface area contributed by atoms with Crippen molar-refractivity contribution in [2.24, 2.45) is 0 Å². The second kappa shape index (κ2) is 5.14. The van der Waals surface area contributed by atoms with E-state index in [4.69, 9.17) is 4.74 Å². The number of ketones is 1. The molecule has 0 bridgehead atoms. The molecule has 0 spiro atoms. The van der Waals surface area contributed by atoms with Gasteiger partial charge >= 0.3 is 0 Å². The molecule has 72 valence electrons. The van der Waals surface area contributed by atoms with Gasteiger partial charge in [-0.1, -0.05) is 6.92 Å². The summed E-state index contributed by atoms with van der Waals surface area (Å²) in [6.45, 7) is 1.96. The lowest BCUT2D eigenvalue weighted by Gasteiger charge is -2.10. The zero-order valence-electron chi connectivity index (χ0n) is 7.95. The van der Waals surface area contributed by atoms with Gasteiger partial charge in [-0.3, -0.25) is 4.79 Å². The highest BCUT2D eigenvalue weighted by atomic mass is 32.1. The normalized spacial score (nSPS) is 12.8. The van der Waals surface area contributed by atoms with Crippen LogP contribution in [0.3, 0.4) is 0 Å². The second-order valence-electron chi connectivity index (χ2n) is 2.91. The Kier molecular flexibility index (Phi) is 4.12. The van der Waals surface area contributed by atoms with E-state index in [1.165, 1.54) is 0 Å². The van der Waals surface area contributed by atoms with Gasteiger partial charge in [0.15, 0.2) is 5.78 Å². The maximum absolute atomic E-state index is 11.6. The maximum Gasteiger partial charge on any atom is 0.165 e. The summed E-state index contributed by atoms with van der Waals surface area (Å²) in [7, 11) is 1.58. The molecule has 0 aliphatic carbocycles. The predicted octanol–water partition coefficient (Wildman–Crippen LogP) is 2.28. The molecular formula is C10H14O2S. The van der Waals surface area contributed by atoms with Gasteiger partial charge < -0.3 is 4.74 Å². The topological polar surface area (TPSA) is 26.3 Å². The Balaban J connectivity index is 2.49. The average Bonchev–Trinajstić information content (AvgIpc) is 2.59. The van der Waals surface area contributed by atoms with Crippen molar-refractivity contribution in [3.05, 3.63) is 22.4 Å². The fourth-order valence-electron chi connectivity index (χ4n) is 1.23. The van der Waals surface area contributed by atoms with Crippen LogP contribution in [0.5, 0.6) is 0 Å². The highest BCUT2D eigenvalue weighted by molar-refractivity contribution is 7.07. The zero-order valence-corrected chi connectivity index (χ0v) is 8.76. The van der Waals surface area contributed by atoms with Crippen molar-refractivity contribution in [3.8, 4) is 0 Å². The molecule has 1 heterocycles. The third kappa shape index (κ3) is 2.94. The number of carbonyl (C=O) groups is 1. The van der Waals surface area contributed by atoms with Gasteiger partial charge in [-0.2, -0.15) is 11.3 Å². The number of methoxy groups -OCH3 is 1. The summed E-state index contributed by atoms with van der Waals surface area (Å²) < 4.78 is 5.06. The predicted molar refractivity (Wildman–Crippen MR) is 54.1 cm³/mol. The van der Waals surface area contributed by atoms with Crippen LogP contribution in [0.25, 0.3) is 0 Å². The minimum absolute atomic E-state index is 0.170. The summed E-state index contributed by atoms with van der Waals surface area (Å²) >= 11 is 1.62. The van der Waals surface area contributed by atoms with Gasteiger partial charge in [-0.15, -0.1) is 0 Å². The summed E-state index contributed by atoms with van der Waals surface area (Å²) in [5.41, 5.74) is 1.09. The van der Waals surface area contributed by atoms with Gasteiger partial charge in [0.1, 0.15) is 6.10 Å². The average molecular weight is 198 g/mol. The van der Waals surface area contributed by atoms with Gasteiger partial charge in [0.2, 0.25) is 0 Å². The Morgan fingerprint density at radius 2 is 2.46 bits per heavy atom. The van der Waals surface area contributed by atoms with E-state index in [1.54, 1.807) is 18.4 Å². The molecule has 0 aliphatic heterocycles. The lowest BCUT2D eigenvalue weighted by molar-refractivity contribution is -0.128. The molecule has 0 amide bonds. The molecule has 0 saturated heterocycles. The van der Waals surface area contributed by atoms with Crippen molar-refractivity contribution >= 4 is 17.1 Å². The van der Waals surface area contributed by atoms with Crippen LogP contribution in [-0.2, 0) is 16.0 Å². The highest BCUT2D eigenvalue weighted by Crippen LogP contribution is 2.09. The first-order valence-electron chi connectivity index (χ1n) is 4.34. The molecule has 3 heteroatoms. The van der Waals surface area contributed by atoms with Crippen molar-refractivity contribution in [1.29, 1.82) is 0 Å². The van der Waals surface area contributed by atoms with Crippen LogP contribution >= 0.6 is 11.3 Å². The van der Waals surface area contributed by atoms with Gasteiger partial charge in [0.25, 0.3) is 0 Å². The lowest BCUT2D eigenvalue weighted by atomic mass is 10.1. The molecule has 1 aromatic rings. The van der Waals surface area contributed by atoms with Gasteiger partial charge in [0, 0.05) is 13.5 Å². The van der Waals surface area contributed by atoms with Crippen molar-refractivity contribution in [1.82, 2.24) is 0 Å². The summed E-state index contributed by atoms with van der Waals surface area (Å²) in [4.78, 5) is 11.6. The SMILES string of the molecule is CCC(OC)C(=O)Cc1ccsc1. The van der Waals surface area contributed by atoms with E-state index in [0.717, 1.165) is 12.0 Å². The standard InChI is InChI=1S/C10H14O2S/c1-3-10(12-2)9(11)6-8-4-5-13-7-8/h4-5,7,10H,3,6H2,1-2H3. The Labute approximate surface area is 82.5 Å². The van der Waals surface area contributed by atoms with Gasteiger partial charge in [0.05, 0.1) is 0 Å². The molecule has 0 aliphatic rings. The molecule has 1 rings (SSSR count). The van der Waals surface area contributed by atoms with Crippen LogP contribution in [0.15, 0.2) is 16.8 Å². The van der Waals surface area contributed by atoms with Crippen molar-refractivity contribution < 1.29 is 9.53 Å². The summed E-state index contributed by atoms with van der Waals surface area (Å²) in [6.07, 6.45) is 1.01. The Morgan fingerprint density at radius 3 is 2.92 bits per heavy atom. The molecule has 1 unspecified atom stereocenters. The Hall–Kier alpha value is -0.670. The largest absolute Gasteiger partial charge is 0.374 e. The smallest absolute Gasteiger partial charge is 0.165 e. The van der Waals surface area contributed by atoms with E-state index in [9.17, 15) is 4.79 Å². The molecule has 1 aromatic heterocycles. The van der Waals surface area contributed by atoms with Crippen LogP contribution in [0.4, 0.5) is 0 Å². The van der Waals surface area contributed by atoms with Crippen molar-refractivity contribution in [2.75, 3.05) is 7.11 Å². The lowest BCUT2D eigenvalue weighted by Crippen LogP contribution is -2.23. The van der Waals surface area contributed by atoms with Gasteiger partial charge in [-0.05, 0) is 28.8 Å². The monoisotopic (exact) mass is 198 g/mol. The maximum atomic E-state index is 11.6. The van der Waals surface area contributed by atoms with Crippen LogP contribution < -0.4 is 0 Å². The number of hydrogen-bond donors (Lipinski definition) is 0. The van der Waals surface area contributed by atoms with Crippen LogP contribution in [0.2, 0.25) is 0 Å². The fourth-order valence-corrected chi connectivity index (χ4v) is 1.90. The quantitative estimate of drug-likeness (QED) is 0.725. The van der Waals surface area contributed by atoms with Crippen molar-refractivity contribution in [3.63, 3.8) is 0 Å². The molecule has 0 radical (unpaired) electrons. The Bertz CT molecular complexity index is 250. The first kappa shape index (κ1) is 10.4. The third-order valence-corrected chi connectivity index (χ3v) is 2.70. The number of hydrogen-bond acceptors (Lipinski definition) is 3. The summed E-state index contributed by atoms with van der Waals surface area (Å²) in [5, 5.41) is 3.98. The molecular weight excluding hydrogens is 184 g/mol.